The molecule has 0 saturated heterocycles. The summed E-state index contributed by atoms with van der Waals surface area (Å²) in [5.41, 5.74) is 4.54. The summed E-state index contributed by atoms with van der Waals surface area (Å²) in [6.45, 7) is 3.15. The lowest BCUT2D eigenvalue weighted by Gasteiger charge is -2.30. The van der Waals surface area contributed by atoms with Crippen molar-refractivity contribution >= 4 is 51.9 Å². The molecular formula is C26H25ClF3N9O2. The molecular weight excluding hydrogens is 563 g/mol. The predicted octanol–water partition coefficient (Wildman–Crippen LogP) is 4.87. The summed E-state index contributed by atoms with van der Waals surface area (Å²) in [5, 5.41) is 5.91. The number of halogens is 4. The molecule has 1 aliphatic rings. The SMILES string of the molecule is CNc1nccnc1C(=CN)Oc1cnc2nc(Nc3cc4c(c(C(F)(F)F)c3)C(C)(C)N(C)C4=O)n(C)c2c1Cl. The number of nitrogens with one attached hydrogen (secondary N) is 2. The Morgan fingerprint density at radius 2 is 1.88 bits per heavy atom. The number of anilines is 3. The second-order valence-electron chi connectivity index (χ2n) is 9.73. The van der Waals surface area contributed by atoms with E-state index in [1.165, 1.54) is 47.4 Å². The van der Waals surface area contributed by atoms with Gasteiger partial charge in [-0.1, -0.05) is 11.6 Å². The van der Waals surface area contributed by atoms with Crippen LogP contribution in [-0.2, 0) is 18.8 Å². The van der Waals surface area contributed by atoms with Crippen LogP contribution >= 0.6 is 11.6 Å². The molecule has 1 aliphatic heterocycles. The quantitative estimate of drug-likeness (QED) is 0.270. The largest absolute Gasteiger partial charge is 0.450 e. The van der Waals surface area contributed by atoms with Gasteiger partial charge in [0.1, 0.15) is 16.2 Å². The normalized spacial score (nSPS) is 14.9. The molecule has 0 spiro atoms. The van der Waals surface area contributed by atoms with Gasteiger partial charge in [-0.2, -0.15) is 18.2 Å². The zero-order valence-electron chi connectivity index (χ0n) is 22.6. The molecule has 4 heterocycles. The summed E-state index contributed by atoms with van der Waals surface area (Å²) in [5.74, 6) is 0.330. The molecule has 0 saturated carbocycles. The number of fused-ring (bicyclic) bond motifs is 2. The van der Waals surface area contributed by atoms with Gasteiger partial charge < -0.3 is 30.6 Å². The van der Waals surface area contributed by atoms with E-state index in [2.05, 4.69) is 30.6 Å². The van der Waals surface area contributed by atoms with Crippen molar-refractivity contribution in [3.63, 3.8) is 0 Å². The lowest BCUT2D eigenvalue weighted by atomic mass is 9.88. The van der Waals surface area contributed by atoms with Crippen LogP contribution in [0.15, 0.2) is 36.9 Å². The molecule has 0 atom stereocenters. The molecule has 1 aromatic carbocycles. The standard InChI is InChI=1S/C26H25ClF3N9O2/c1-25(2)17-13(23(40)39(25)5)8-12(9-14(17)26(28,29)30)36-24-37-22-20(38(24)4)18(27)16(11-35-22)41-15(10-31)19-21(32-3)34-7-6-33-19/h6-11H,31H2,1-5H3,(H,32,34)(H,35,36,37). The number of imidazole rings is 1. The Bertz CT molecular complexity index is 1730. The van der Waals surface area contributed by atoms with Gasteiger partial charge in [-0.3, -0.25) is 4.79 Å². The third-order valence-electron chi connectivity index (χ3n) is 7.03. The molecule has 5 rings (SSSR count). The second kappa shape index (κ2) is 9.80. The van der Waals surface area contributed by atoms with Crippen LogP contribution in [0.4, 0.5) is 30.6 Å². The first-order chi connectivity index (χ1) is 19.3. The minimum Gasteiger partial charge on any atom is -0.450 e. The van der Waals surface area contributed by atoms with E-state index in [1.807, 2.05) is 0 Å². The zero-order valence-corrected chi connectivity index (χ0v) is 23.3. The highest BCUT2D eigenvalue weighted by molar-refractivity contribution is 6.36. The molecule has 41 heavy (non-hydrogen) atoms. The number of benzene rings is 1. The number of hydrogen-bond acceptors (Lipinski definition) is 9. The van der Waals surface area contributed by atoms with Crippen LogP contribution in [0.1, 0.15) is 41.0 Å². The number of nitrogens with two attached hydrogens (primary N) is 1. The van der Waals surface area contributed by atoms with Gasteiger partial charge in [0.25, 0.3) is 5.91 Å². The summed E-state index contributed by atoms with van der Waals surface area (Å²) in [7, 11) is 4.75. The number of alkyl halides is 3. The van der Waals surface area contributed by atoms with Crippen molar-refractivity contribution in [3.05, 3.63) is 64.3 Å². The van der Waals surface area contributed by atoms with Gasteiger partial charge in [0.15, 0.2) is 23.0 Å². The van der Waals surface area contributed by atoms with Gasteiger partial charge in [-0.25, -0.2) is 15.0 Å². The number of nitrogens with zero attached hydrogens (tertiary/aromatic N) is 6. The molecule has 0 unspecified atom stereocenters. The average Bonchev–Trinajstić information content (AvgIpc) is 3.33. The minimum absolute atomic E-state index is 0.0251. The van der Waals surface area contributed by atoms with E-state index in [0.717, 1.165) is 6.07 Å². The van der Waals surface area contributed by atoms with Gasteiger partial charge in [-0.05, 0) is 26.0 Å². The van der Waals surface area contributed by atoms with Crippen molar-refractivity contribution in [2.24, 2.45) is 12.8 Å². The monoisotopic (exact) mass is 587 g/mol. The summed E-state index contributed by atoms with van der Waals surface area (Å²) in [4.78, 5) is 31.3. The third kappa shape index (κ3) is 4.53. The maximum absolute atomic E-state index is 14.2. The molecule has 4 N–H and O–H groups in total. The number of aromatic nitrogens is 5. The van der Waals surface area contributed by atoms with E-state index >= 15 is 0 Å². The average molecular weight is 588 g/mol. The first kappa shape index (κ1) is 28.0. The van der Waals surface area contributed by atoms with E-state index in [-0.39, 0.29) is 44.9 Å². The van der Waals surface area contributed by atoms with Gasteiger partial charge in [0, 0.05) is 56.6 Å². The van der Waals surface area contributed by atoms with Crippen molar-refractivity contribution in [2.75, 3.05) is 24.7 Å². The number of amides is 1. The molecule has 15 heteroatoms. The van der Waals surface area contributed by atoms with Crippen molar-refractivity contribution < 1.29 is 22.7 Å². The second-order valence-corrected chi connectivity index (χ2v) is 10.1. The smallest absolute Gasteiger partial charge is 0.416 e. The summed E-state index contributed by atoms with van der Waals surface area (Å²) in [6, 6.07) is 2.36. The fraction of sp³-hybridized carbons (Fsp3) is 0.269. The topological polar surface area (TPSA) is 136 Å². The van der Waals surface area contributed by atoms with Crippen LogP contribution < -0.4 is 21.1 Å². The first-order valence-electron chi connectivity index (χ1n) is 12.2. The number of aryl methyl sites for hydroxylation is 1. The van der Waals surface area contributed by atoms with Gasteiger partial charge in [0.2, 0.25) is 5.95 Å². The Hall–Kier alpha value is -4.59. The lowest BCUT2D eigenvalue weighted by molar-refractivity contribution is -0.139. The zero-order chi connectivity index (χ0) is 29.9. The van der Waals surface area contributed by atoms with Crippen LogP contribution in [0.25, 0.3) is 16.9 Å². The van der Waals surface area contributed by atoms with Gasteiger partial charge in [0.05, 0.1) is 17.3 Å². The molecule has 4 aromatic rings. The number of rotatable bonds is 6. The highest BCUT2D eigenvalue weighted by Crippen LogP contribution is 2.47. The Morgan fingerprint density at radius 1 is 1.17 bits per heavy atom. The Kier molecular flexibility index (Phi) is 6.68. The first-order valence-corrected chi connectivity index (χ1v) is 12.6. The van der Waals surface area contributed by atoms with Crippen LogP contribution in [0.3, 0.4) is 0 Å². The number of carbonyl (C=O) groups is 1. The number of carbonyl (C=O) groups excluding carboxylic acids is 1. The molecule has 214 valence electrons. The van der Waals surface area contributed by atoms with E-state index in [0.29, 0.717) is 17.0 Å². The van der Waals surface area contributed by atoms with Crippen molar-refractivity contribution in [1.29, 1.82) is 0 Å². The molecule has 0 radical (unpaired) electrons. The molecule has 0 aliphatic carbocycles. The molecule has 1 amide bonds. The molecule has 0 fully saturated rings. The van der Waals surface area contributed by atoms with E-state index < -0.39 is 23.2 Å². The Balaban J connectivity index is 1.54. The van der Waals surface area contributed by atoms with Crippen LogP contribution in [-0.4, -0.2) is 49.4 Å². The number of pyridine rings is 1. The van der Waals surface area contributed by atoms with Crippen molar-refractivity contribution in [3.8, 4) is 5.75 Å². The van der Waals surface area contributed by atoms with Crippen molar-refractivity contribution in [1.82, 2.24) is 29.4 Å². The fourth-order valence-electron chi connectivity index (χ4n) is 4.77. The molecule has 0 bridgehead atoms. The lowest BCUT2D eigenvalue weighted by Crippen LogP contribution is -2.36. The summed E-state index contributed by atoms with van der Waals surface area (Å²) < 4.78 is 49.9. The van der Waals surface area contributed by atoms with E-state index in [1.54, 1.807) is 27.9 Å². The minimum atomic E-state index is -4.70. The summed E-state index contributed by atoms with van der Waals surface area (Å²) >= 11 is 6.68. The maximum atomic E-state index is 14.2. The van der Waals surface area contributed by atoms with Gasteiger partial charge >= 0.3 is 6.18 Å². The summed E-state index contributed by atoms with van der Waals surface area (Å²) in [6.07, 6.45) is 0.823. The van der Waals surface area contributed by atoms with Crippen LogP contribution in [0.2, 0.25) is 5.02 Å². The van der Waals surface area contributed by atoms with E-state index in [4.69, 9.17) is 22.1 Å². The fourth-order valence-corrected chi connectivity index (χ4v) is 5.07. The number of ether oxygens (including phenoxy) is 1. The molecule has 11 nitrogen and oxygen atoms in total. The highest BCUT2D eigenvalue weighted by atomic mass is 35.5. The Labute approximate surface area is 237 Å². The Morgan fingerprint density at radius 3 is 2.54 bits per heavy atom. The highest BCUT2D eigenvalue weighted by Gasteiger charge is 2.48. The predicted molar refractivity (Wildman–Crippen MR) is 148 cm³/mol. The third-order valence-corrected chi connectivity index (χ3v) is 7.40. The van der Waals surface area contributed by atoms with Gasteiger partial charge in [-0.15, -0.1) is 0 Å². The van der Waals surface area contributed by atoms with Crippen LogP contribution in [0.5, 0.6) is 5.75 Å². The molecule has 3 aromatic heterocycles. The van der Waals surface area contributed by atoms with E-state index in [9.17, 15) is 18.0 Å². The van der Waals surface area contributed by atoms with Crippen molar-refractivity contribution in [2.45, 2.75) is 25.6 Å². The number of hydrogen-bond donors (Lipinski definition) is 3. The van der Waals surface area contributed by atoms with Crippen LogP contribution in [0, 0.1) is 0 Å². The maximum Gasteiger partial charge on any atom is 0.416 e.